The fraction of sp³-hybridized carbons (Fsp3) is 0.692. The summed E-state index contributed by atoms with van der Waals surface area (Å²) < 4.78 is 0. The van der Waals surface area contributed by atoms with E-state index in [0.717, 1.165) is 6.42 Å². The Kier molecular flexibility index (Phi) is 10.8. The summed E-state index contributed by atoms with van der Waals surface area (Å²) in [5, 5.41) is 13.5. The zero-order valence-corrected chi connectivity index (χ0v) is 14.1. The number of carboxylic acid groups (broad SMARTS) is 1. The molecule has 10 nitrogen and oxygen atoms in total. The predicted octanol–water partition coefficient (Wildman–Crippen LogP) is -2.70. The lowest BCUT2D eigenvalue weighted by atomic mass is 10.1. The fourth-order valence-corrected chi connectivity index (χ4v) is 2.04. The molecule has 0 aromatic heterocycles. The van der Waals surface area contributed by atoms with Gasteiger partial charge in [0.25, 0.3) is 0 Å². The molecule has 0 fully saturated rings. The van der Waals surface area contributed by atoms with E-state index in [4.69, 9.17) is 22.3 Å². The second-order valence-corrected chi connectivity index (χ2v) is 5.57. The average Bonchev–Trinajstić information content (AvgIpc) is 2.50. The van der Waals surface area contributed by atoms with Crippen molar-refractivity contribution in [1.29, 1.82) is 0 Å². The van der Waals surface area contributed by atoms with Crippen LogP contribution in [0.5, 0.6) is 0 Å². The summed E-state index contributed by atoms with van der Waals surface area (Å²) in [6, 6.07) is -3.38. The van der Waals surface area contributed by atoms with E-state index in [1.54, 1.807) is 0 Å². The second-order valence-electron chi connectivity index (χ2n) is 5.20. The zero-order valence-electron chi connectivity index (χ0n) is 13.2. The van der Waals surface area contributed by atoms with Crippen molar-refractivity contribution in [2.75, 3.05) is 12.3 Å². The number of hydrogen-bond acceptors (Lipinski definition) is 7. The summed E-state index contributed by atoms with van der Waals surface area (Å²) in [7, 11) is 0. The van der Waals surface area contributed by atoms with Crippen LogP contribution in [0.25, 0.3) is 0 Å². The lowest BCUT2D eigenvalue weighted by Gasteiger charge is -2.21. The van der Waals surface area contributed by atoms with Gasteiger partial charge in [0.15, 0.2) is 0 Å². The summed E-state index contributed by atoms with van der Waals surface area (Å²) in [6.07, 6.45) is 1.24. The van der Waals surface area contributed by atoms with Gasteiger partial charge in [-0.25, -0.2) is 4.79 Å². The van der Waals surface area contributed by atoms with Crippen LogP contribution in [0.1, 0.15) is 25.7 Å². The maximum Gasteiger partial charge on any atom is 0.326 e. The van der Waals surface area contributed by atoms with E-state index in [1.165, 1.54) is 0 Å². The lowest BCUT2D eigenvalue weighted by Crippen LogP contribution is -2.55. The molecule has 3 amide bonds. The summed E-state index contributed by atoms with van der Waals surface area (Å²) in [6.45, 7) is 0.493. The van der Waals surface area contributed by atoms with Gasteiger partial charge in [0.1, 0.15) is 12.1 Å². The van der Waals surface area contributed by atoms with Gasteiger partial charge >= 0.3 is 5.97 Å². The molecule has 0 aromatic carbocycles. The van der Waals surface area contributed by atoms with Crippen molar-refractivity contribution in [3.63, 3.8) is 0 Å². The molecule has 0 aromatic rings. The Balaban J connectivity index is 4.64. The lowest BCUT2D eigenvalue weighted by molar-refractivity contribution is -0.143. The first kappa shape index (κ1) is 22.1. The van der Waals surface area contributed by atoms with Crippen molar-refractivity contribution >= 4 is 36.3 Å². The Morgan fingerprint density at radius 1 is 1.04 bits per heavy atom. The number of carbonyl (C=O) groups is 4. The quantitative estimate of drug-likeness (QED) is 0.145. The van der Waals surface area contributed by atoms with E-state index in [2.05, 4.69) is 23.3 Å². The topological polar surface area (TPSA) is 191 Å². The molecule has 0 heterocycles. The van der Waals surface area contributed by atoms with Gasteiger partial charge in [0.05, 0.1) is 12.5 Å². The van der Waals surface area contributed by atoms with Crippen molar-refractivity contribution in [2.24, 2.45) is 17.2 Å². The molecule has 9 N–H and O–H groups in total. The fourth-order valence-electron chi connectivity index (χ4n) is 1.79. The van der Waals surface area contributed by atoms with Gasteiger partial charge in [-0.1, -0.05) is 6.42 Å². The summed E-state index contributed by atoms with van der Waals surface area (Å²) in [5.74, 6) is -3.71. The second kappa shape index (κ2) is 11.6. The van der Waals surface area contributed by atoms with Gasteiger partial charge in [-0.3, -0.25) is 14.4 Å². The first-order valence-corrected chi connectivity index (χ1v) is 8.04. The molecule has 0 aliphatic heterocycles. The van der Waals surface area contributed by atoms with E-state index >= 15 is 0 Å². The van der Waals surface area contributed by atoms with Gasteiger partial charge in [0.2, 0.25) is 17.7 Å². The number of hydrogen-bond donors (Lipinski definition) is 7. The number of unbranched alkanes of at least 4 members (excludes halogenated alkanes) is 1. The van der Waals surface area contributed by atoms with Crippen molar-refractivity contribution in [2.45, 2.75) is 43.8 Å². The molecule has 138 valence electrons. The largest absolute Gasteiger partial charge is 0.480 e. The van der Waals surface area contributed by atoms with Gasteiger partial charge in [0, 0.05) is 5.75 Å². The normalized spacial score (nSPS) is 14.3. The summed E-state index contributed by atoms with van der Waals surface area (Å²) >= 11 is 3.96. The third kappa shape index (κ3) is 8.70. The van der Waals surface area contributed by atoms with Gasteiger partial charge in [-0.05, 0) is 19.4 Å². The summed E-state index contributed by atoms with van der Waals surface area (Å²) in [5.41, 5.74) is 16.0. The number of carbonyl (C=O) groups excluding carboxylic acids is 3. The monoisotopic (exact) mass is 363 g/mol. The maximum atomic E-state index is 12.0. The molecule has 0 aliphatic carbocycles. The molecule has 11 heteroatoms. The van der Waals surface area contributed by atoms with Gasteiger partial charge < -0.3 is 32.9 Å². The third-order valence-corrected chi connectivity index (χ3v) is 3.51. The SMILES string of the molecule is NCCCCC(N)C(=O)NC(CS)C(=O)NC(CC(N)=O)C(=O)O. The van der Waals surface area contributed by atoms with E-state index in [9.17, 15) is 19.2 Å². The Hall–Kier alpha value is -1.85. The molecule has 3 atom stereocenters. The van der Waals surface area contributed by atoms with Crippen LogP contribution in [0.2, 0.25) is 0 Å². The Bertz CT molecular complexity index is 462. The van der Waals surface area contributed by atoms with Crippen LogP contribution in [0.4, 0.5) is 0 Å². The minimum absolute atomic E-state index is 0.0734. The van der Waals surface area contributed by atoms with E-state index in [-0.39, 0.29) is 5.75 Å². The number of aliphatic carboxylic acids is 1. The highest BCUT2D eigenvalue weighted by molar-refractivity contribution is 7.80. The standard InChI is InChI=1S/C13H25N5O5S/c14-4-2-1-3-7(15)11(20)18-9(6-24)12(21)17-8(13(22)23)5-10(16)19/h7-9,24H,1-6,14-15H2,(H2,16,19)(H,17,21)(H,18,20)(H,22,23). The molecule has 0 spiro atoms. The first-order chi connectivity index (χ1) is 11.2. The molecule has 0 saturated heterocycles. The van der Waals surface area contributed by atoms with Crippen LogP contribution in [-0.4, -0.2) is 59.2 Å². The van der Waals surface area contributed by atoms with Crippen LogP contribution >= 0.6 is 12.6 Å². The van der Waals surface area contributed by atoms with E-state index < -0.39 is 48.2 Å². The highest BCUT2D eigenvalue weighted by atomic mass is 32.1. The minimum Gasteiger partial charge on any atom is -0.480 e. The van der Waals surface area contributed by atoms with Crippen LogP contribution in [0.15, 0.2) is 0 Å². The number of nitrogens with one attached hydrogen (secondary N) is 2. The number of nitrogens with two attached hydrogens (primary N) is 3. The smallest absolute Gasteiger partial charge is 0.326 e. The molecule has 0 radical (unpaired) electrons. The number of carboxylic acids is 1. The third-order valence-electron chi connectivity index (χ3n) is 3.14. The van der Waals surface area contributed by atoms with Crippen LogP contribution in [0.3, 0.4) is 0 Å². The minimum atomic E-state index is -1.48. The number of rotatable bonds is 12. The number of amides is 3. The molecule has 0 saturated carbocycles. The molecule has 3 unspecified atom stereocenters. The molecular formula is C13H25N5O5S. The molecule has 0 aliphatic rings. The molecular weight excluding hydrogens is 338 g/mol. The average molecular weight is 363 g/mol. The first-order valence-electron chi connectivity index (χ1n) is 7.41. The van der Waals surface area contributed by atoms with Gasteiger partial charge in [-0.2, -0.15) is 12.6 Å². The number of primary amides is 1. The Morgan fingerprint density at radius 3 is 2.08 bits per heavy atom. The van der Waals surface area contributed by atoms with Crippen molar-refractivity contribution < 1.29 is 24.3 Å². The maximum absolute atomic E-state index is 12.0. The zero-order chi connectivity index (χ0) is 18.7. The van der Waals surface area contributed by atoms with Crippen molar-refractivity contribution in [3.8, 4) is 0 Å². The molecule has 0 rings (SSSR count). The van der Waals surface area contributed by atoms with Crippen LogP contribution < -0.4 is 27.8 Å². The van der Waals surface area contributed by atoms with Crippen molar-refractivity contribution in [1.82, 2.24) is 10.6 Å². The van der Waals surface area contributed by atoms with Gasteiger partial charge in [-0.15, -0.1) is 0 Å². The molecule has 24 heavy (non-hydrogen) atoms. The Morgan fingerprint density at radius 2 is 1.62 bits per heavy atom. The molecule has 0 bridgehead atoms. The van der Waals surface area contributed by atoms with Crippen LogP contribution in [0, 0.1) is 0 Å². The van der Waals surface area contributed by atoms with E-state index in [0.29, 0.717) is 19.4 Å². The highest BCUT2D eigenvalue weighted by Crippen LogP contribution is 2.00. The summed E-state index contributed by atoms with van der Waals surface area (Å²) in [4.78, 5) is 45.8. The Labute approximate surface area is 145 Å². The van der Waals surface area contributed by atoms with Crippen molar-refractivity contribution in [3.05, 3.63) is 0 Å². The van der Waals surface area contributed by atoms with Crippen LogP contribution in [-0.2, 0) is 19.2 Å². The van der Waals surface area contributed by atoms with E-state index in [1.807, 2.05) is 0 Å². The predicted molar refractivity (Wildman–Crippen MR) is 90.0 cm³/mol. The highest BCUT2D eigenvalue weighted by Gasteiger charge is 2.27. The number of thiol groups is 1.